The smallest absolute Gasteiger partial charge is 0.262 e. The zero-order valence-corrected chi connectivity index (χ0v) is 15.4. The number of thiophene rings is 1. The van der Waals surface area contributed by atoms with Crippen molar-refractivity contribution in [2.45, 2.75) is 32.1 Å². The van der Waals surface area contributed by atoms with Crippen LogP contribution in [0.25, 0.3) is 11.3 Å². The van der Waals surface area contributed by atoms with E-state index in [4.69, 9.17) is 0 Å². The molecule has 1 amide bonds. The molecule has 3 aromatic rings. The number of amides is 1. The molecule has 134 valence electrons. The molecule has 0 bridgehead atoms. The first-order chi connectivity index (χ1) is 12.6. The van der Waals surface area contributed by atoms with Crippen LogP contribution in [0.3, 0.4) is 0 Å². The summed E-state index contributed by atoms with van der Waals surface area (Å²) in [6.07, 6.45) is 5.10. The summed E-state index contributed by atoms with van der Waals surface area (Å²) in [7, 11) is 1.77. The van der Waals surface area contributed by atoms with Crippen LogP contribution in [-0.4, -0.2) is 20.7 Å². The Bertz CT molecular complexity index is 1000. The molecule has 0 saturated heterocycles. The van der Waals surface area contributed by atoms with E-state index in [1.807, 2.05) is 22.9 Å². The van der Waals surface area contributed by atoms with Gasteiger partial charge in [0.15, 0.2) is 0 Å². The van der Waals surface area contributed by atoms with Gasteiger partial charge in [0.2, 0.25) is 0 Å². The van der Waals surface area contributed by atoms with Crippen LogP contribution in [0, 0.1) is 0 Å². The number of nitrogens with one attached hydrogen (secondary N) is 2. The van der Waals surface area contributed by atoms with Crippen LogP contribution >= 0.6 is 11.3 Å². The lowest BCUT2D eigenvalue weighted by Crippen LogP contribution is -2.25. The molecule has 2 N–H and O–H groups in total. The van der Waals surface area contributed by atoms with E-state index in [0.717, 1.165) is 54.6 Å². The summed E-state index contributed by atoms with van der Waals surface area (Å²) in [5, 5.41) is 11.2. The number of aromatic nitrogens is 3. The molecule has 6 nitrogen and oxygen atoms in total. The molecular weight excluding hydrogens is 348 g/mol. The summed E-state index contributed by atoms with van der Waals surface area (Å²) in [6.45, 7) is 0. The van der Waals surface area contributed by atoms with Crippen LogP contribution in [0.4, 0.5) is 5.82 Å². The topological polar surface area (TPSA) is 79.8 Å². The molecule has 26 heavy (non-hydrogen) atoms. The highest BCUT2D eigenvalue weighted by Crippen LogP contribution is 2.24. The highest BCUT2D eigenvalue weighted by Gasteiger charge is 2.18. The normalized spacial score (nSPS) is 13.9. The van der Waals surface area contributed by atoms with Crippen molar-refractivity contribution in [2.24, 2.45) is 7.05 Å². The summed E-state index contributed by atoms with van der Waals surface area (Å²) in [6, 6.07) is 5.55. The predicted molar refractivity (Wildman–Crippen MR) is 103 cm³/mol. The lowest BCUT2D eigenvalue weighted by atomic mass is 10.1. The van der Waals surface area contributed by atoms with Crippen molar-refractivity contribution < 1.29 is 4.79 Å². The average Bonchev–Trinajstić information content (AvgIpc) is 3.20. The van der Waals surface area contributed by atoms with Crippen LogP contribution in [0.15, 0.2) is 33.8 Å². The third-order valence-electron chi connectivity index (χ3n) is 4.77. The van der Waals surface area contributed by atoms with Gasteiger partial charge in [0, 0.05) is 29.8 Å². The quantitative estimate of drug-likeness (QED) is 0.696. The van der Waals surface area contributed by atoms with Gasteiger partial charge in [0.25, 0.3) is 11.5 Å². The van der Waals surface area contributed by atoms with E-state index in [1.54, 1.807) is 29.1 Å². The first-order valence-corrected chi connectivity index (χ1v) is 9.69. The number of hydrogen-bond donors (Lipinski definition) is 2. The van der Waals surface area contributed by atoms with E-state index in [2.05, 4.69) is 15.4 Å². The van der Waals surface area contributed by atoms with Gasteiger partial charge in [0.05, 0.1) is 5.69 Å². The Labute approximate surface area is 154 Å². The van der Waals surface area contributed by atoms with Crippen LogP contribution in [0.2, 0.25) is 0 Å². The third-order valence-corrected chi connectivity index (χ3v) is 5.45. The lowest BCUT2D eigenvalue weighted by molar-refractivity contribution is 0.102. The number of fused-ring (bicyclic) bond motifs is 1. The Hall–Kier alpha value is -2.67. The molecule has 0 unspecified atom stereocenters. The number of H-pyrrole nitrogens is 1. The van der Waals surface area contributed by atoms with Crippen molar-refractivity contribution >= 4 is 23.1 Å². The first-order valence-electron chi connectivity index (χ1n) is 8.75. The molecule has 3 aromatic heterocycles. The molecule has 0 fully saturated rings. The lowest BCUT2D eigenvalue weighted by Gasteiger charge is -2.09. The standard InChI is InChI=1S/C19H20N4O2S/c1-23-17(10-16(22-23)13-7-8-26-11-13)21-19(25)14-9-12-5-3-2-4-6-15(12)20-18(14)24/h7-11H,2-6H2,1H3,(H,20,24)(H,21,25). The van der Waals surface area contributed by atoms with Crippen molar-refractivity contribution in [3.8, 4) is 11.3 Å². The third kappa shape index (κ3) is 3.22. The van der Waals surface area contributed by atoms with Gasteiger partial charge >= 0.3 is 0 Å². The molecule has 1 aliphatic rings. The Kier molecular flexibility index (Phi) is 4.46. The molecule has 4 rings (SSSR count). The highest BCUT2D eigenvalue weighted by molar-refractivity contribution is 7.08. The number of anilines is 1. The van der Waals surface area contributed by atoms with Gasteiger partial charge in [-0.3, -0.25) is 14.3 Å². The second-order valence-electron chi connectivity index (χ2n) is 6.58. The summed E-state index contributed by atoms with van der Waals surface area (Å²) < 4.78 is 1.61. The fraction of sp³-hybridized carbons (Fsp3) is 0.316. The fourth-order valence-corrected chi connectivity index (χ4v) is 3.99. The Balaban J connectivity index is 1.61. The molecule has 0 spiro atoms. The molecule has 0 radical (unpaired) electrons. The molecular formula is C19H20N4O2S. The molecule has 7 heteroatoms. The monoisotopic (exact) mass is 368 g/mol. The number of aromatic amines is 1. The number of hydrogen-bond acceptors (Lipinski definition) is 4. The van der Waals surface area contributed by atoms with E-state index in [0.29, 0.717) is 5.82 Å². The van der Waals surface area contributed by atoms with Gasteiger partial charge in [0.1, 0.15) is 11.4 Å². The molecule has 3 heterocycles. The van der Waals surface area contributed by atoms with Gasteiger partial charge in [-0.2, -0.15) is 16.4 Å². The van der Waals surface area contributed by atoms with Crippen LogP contribution < -0.4 is 10.9 Å². The van der Waals surface area contributed by atoms with Crippen LogP contribution in [0.1, 0.15) is 40.9 Å². The van der Waals surface area contributed by atoms with Gasteiger partial charge < -0.3 is 10.3 Å². The van der Waals surface area contributed by atoms with E-state index < -0.39 is 5.91 Å². The Morgan fingerprint density at radius 1 is 1.27 bits per heavy atom. The summed E-state index contributed by atoms with van der Waals surface area (Å²) in [5.41, 5.74) is 3.68. The largest absolute Gasteiger partial charge is 0.325 e. The van der Waals surface area contributed by atoms with Crippen molar-refractivity contribution in [3.63, 3.8) is 0 Å². The number of rotatable bonds is 3. The summed E-state index contributed by atoms with van der Waals surface area (Å²) in [5.74, 6) is 0.156. The average molecular weight is 368 g/mol. The minimum Gasteiger partial charge on any atom is -0.325 e. The van der Waals surface area contributed by atoms with E-state index in [9.17, 15) is 9.59 Å². The van der Waals surface area contributed by atoms with Crippen molar-refractivity contribution in [2.75, 3.05) is 5.32 Å². The maximum atomic E-state index is 12.7. The second-order valence-corrected chi connectivity index (χ2v) is 7.36. The van der Waals surface area contributed by atoms with Gasteiger partial charge in [-0.05, 0) is 48.8 Å². The van der Waals surface area contributed by atoms with Gasteiger partial charge in [-0.1, -0.05) is 6.42 Å². The maximum absolute atomic E-state index is 12.7. The molecule has 0 aromatic carbocycles. The highest BCUT2D eigenvalue weighted by atomic mass is 32.1. The van der Waals surface area contributed by atoms with Gasteiger partial charge in [-0.15, -0.1) is 0 Å². The number of carbonyl (C=O) groups excluding carboxylic acids is 1. The first kappa shape index (κ1) is 16.8. The van der Waals surface area contributed by atoms with E-state index >= 15 is 0 Å². The van der Waals surface area contributed by atoms with Crippen molar-refractivity contribution in [1.29, 1.82) is 0 Å². The Morgan fingerprint density at radius 2 is 2.12 bits per heavy atom. The molecule has 0 saturated carbocycles. The second kappa shape index (κ2) is 6.92. The predicted octanol–water partition coefficient (Wildman–Crippen LogP) is 3.36. The Morgan fingerprint density at radius 3 is 2.92 bits per heavy atom. The molecule has 0 atom stereocenters. The van der Waals surface area contributed by atoms with E-state index in [-0.39, 0.29) is 11.1 Å². The number of pyridine rings is 1. The summed E-state index contributed by atoms with van der Waals surface area (Å²) >= 11 is 1.59. The number of aryl methyl sites for hydroxylation is 3. The summed E-state index contributed by atoms with van der Waals surface area (Å²) in [4.78, 5) is 28.0. The minimum atomic E-state index is -0.404. The number of nitrogens with zero attached hydrogens (tertiary/aromatic N) is 2. The maximum Gasteiger partial charge on any atom is 0.262 e. The van der Waals surface area contributed by atoms with Crippen LogP contribution in [0.5, 0.6) is 0 Å². The van der Waals surface area contributed by atoms with Crippen LogP contribution in [-0.2, 0) is 19.9 Å². The zero-order valence-electron chi connectivity index (χ0n) is 14.5. The van der Waals surface area contributed by atoms with E-state index in [1.165, 1.54) is 0 Å². The number of carbonyl (C=O) groups is 1. The van der Waals surface area contributed by atoms with Crippen molar-refractivity contribution in [3.05, 3.63) is 56.1 Å². The fourth-order valence-electron chi connectivity index (χ4n) is 3.34. The van der Waals surface area contributed by atoms with Crippen molar-refractivity contribution in [1.82, 2.24) is 14.8 Å². The van der Waals surface area contributed by atoms with Gasteiger partial charge in [-0.25, -0.2) is 0 Å². The zero-order chi connectivity index (χ0) is 18.1. The SMILES string of the molecule is Cn1nc(-c2ccsc2)cc1NC(=O)c1cc2c([nH]c1=O)CCCCC2. The molecule has 1 aliphatic carbocycles. The molecule has 0 aliphatic heterocycles. The minimum absolute atomic E-state index is 0.156.